The van der Waals surface area contributed by atoms with Gasteiger partial charge in [-0.05, 0) is 38.8 Å². The first-order valence-corrected chi connectivity index (χ1v) is 8.74. The number of benzene rings is 1. The predicted octanol–water partition coefficient (Wildman–Crippen LogP) is 3.13. The Labute approximate surface area is 143 Å². The average molecular weight is 381 g/mol. The van der Waals surface area contributed by atoms with E-state index in [2.05, 4.69) is 4.18 Å². The Morgan fingerprint density at radius 3 is 2.52 bits per heavy atom. The molecule has 0 radical (unpaired) electrons. The number of halogens is 3. The molecule has 10 heteroatoms. The fourth-order valence-corrected chi connectivity index (χ4v) is 3.47. The summed E-state index contributed by atoms with van der Waals surface area (Å²) < 4.78 is 72.4. The molecule has 1 saturated heterocycles. The zero-order valence-electron chi connectivity index (χ0n) is 13.8. The largest absolute Gasteiger partial charge is 0.443 e. The lowest BCUT2D eigenvalue weighted by Gasteiger charge is -2.26. The van der Waals surface area contributed by atoms with Crippen molar-refractivity contribution >= 4 is 16.4 Å². The molecule has 0 unspecified atom stereocenters. The second kappa shape index (κ2) is 6.49. The molecular weight excluding hydrogens is 363 g/mol. The van der Waals surface area contributed by atoms with Crippen LogP contribution in [0.2, 0.25) is 0 Å². The Bertz CT molecular complexity index is 755. The zero-order chi connectivity index (χ0) is 19.0. The van der Waals surface area contributed by atoms with Crippen molar-refractivity contribution in [1.29, 1.82) is 0 Å². The number of carbonyl (C=O) groups excluding carboxylic acids is 1. The van der Waals surface area contributed by atoms with Crippen LogP contribution in [0.3, 0.4) is 0 Å². The highest BCUT2D eigenvalue weighted by atomic mass is 32.2. The van der Waals surface area contributed by atoms with Crippen LogP contribution in [0, 0.1) is 0 Å². The van der Waals surface area contributed by atoms with Gasteiger partial charge in [-0.15, -0.1) is 0 Å². The summed E-state index contributed by atoms with van der Waals surface area (Å²) in [5, 5.41) is 0. The molecule has 6 nitrogen and oxygen atoms in total. The van der Waals surface area contributed by atoms with Crippen LogP contribution in [-0.4, -0.2) is 37.1 Å². The molecule has 0 aromatic heterocycles. The molecule has 0 N–H and O–H groups in total. The van der Waals surface area contributed by atoms with Crippen molar-refractivity contribution in [3.05, 3.63) is 35.4 Å². The maximum Gasteiger partial charge on any atom is 0.426 e. The van der Waals surface area contributed by atoms with Crippen LogP contribution in [0.4, 0.5) is 18.0 Å². The molecule has 25 heavy (non-hydrogen) atoms. The molecule has 1 aliphatic rings. The van der Waals surface area contributed by atoms with Gasteiger partial charge in [0.15, 0.2) is 0 Å². The second-order valence-electron chi connectivity index (χ2n) is 6.57. The maximum absolute atomic E-state index is 12.8. The molecule has 0 saturated carbocycles. The summed E-state index contributed by atoms with van der Waals surface area (Å²) in [5.74, 6) is 0. The minimum absolute atomic E-state index is 0.123. The van der Waals surface area contributed by atoms with Crippen LogP contribution < -0.4 is 0 Å². The van der Waals surface area contributed by atoms with Crippen LogP contribution in [0.5, 0.6) is 0 Å². The Morgan fingerprint density at radius 2 is 1.96 bits per heavy atom. The third-order valence-electron chi connectivity index (χ3n) is 3.28. The van der Waals surface area contributed by atoms with Crippen LogP contribution in [0.1, 0.15) is 31.9 Å². The summed E-state index contributed by atoms with van der Waals surface area (Å²) in [5.41, 5.74) is -1.56. The standard InChI is InChI=1S/C15H18F3NO5S/c1-14(2,3)24-13(20)19-12(9-23-25(19,21)22)8-10-5-4-6-11(7-10)15(16,17)18/h4-7,12H,8-9H2,1-3H3/t12-/m0/s1. The number of hydrogen-bond acceptors (Lipinski definition) is 5. The number of ether oxygens (including phenoxy) is 1. The van der Waals surface area contributed by atoms with E-state index in [4.69, 9.17) is 4.74 Å². The smallest absolute Gasteiger partial charge is 0.426 e. The molecular formula is C15H18F3NO5S. The zero-order valence-corrected chi connectivity index (χ0v) is 14.6. The van der Waals surface area contributed by atoms with E-state index in [0.717, 1.165) is 12.1 Å². The monoisotopic (exact) mass is 381 g/mol. The lowest BCUT2D eigenvalue weighted by atomic mass is 10.0. The van der Waals surface area contributed by atoms with Crippen molar-refractivity contribution in [3.8, 4) is 0 Å². The van der Waals surface area contributed by atoms with E-state index in [-0.39, 0.29) is 18.6 Å². The highest BCUT2D eigenvalue weighted by molar-refractivity contribution is 7.85. The van der Waals surface area contributed by atoms with Crippen molar-refractivity contribution in [2.75, 3.05) is 6.61 Å². The number of hydrogen-bond donors (Lipinski definition) is 0. The topological polar surface area (TPSA) is 72.9 Å². The van der Waals surface area contributed by atoms with Crippen LogP contribution in [0.25, 0.3) is 0 Å². The summed E-state index contributed by atoms with van der Waals surface area (Å²) in [7, 11) is -4.33. The average Bonchev–Trinajstić information content (AvgIpc) is 2.71. The number of alkyl halides is 3. The minimum Gasteiger partial charge on any atom is -0.443 e. The SMILES string of the molecule is CC(C)(C)OC(=O)N1[C@@H](Cc2cccc(C(F)(F)F)c2)COS1(=O)=O. The quantitative estimate of drug-likeness (QED) is 0.787. The number of nitrogens with zero attached hydrogens (tertiary/aromatic N) is 1. The van der Waals surface area contributed by atoms with Crippen molar-refractivity contribution in [2.24, 2.45) is 0 Å². The molecule has 1 heterocycles. The maximum atomic E-state index is 12.8. The van der Waals surface area contributed by atoms with Crippen LogP contribution in [-0.2, 0) is 31.8 Å². The fraction of sp³-hybridized carbons (Fsp3) is 0.533. The predicted molar refractivity (Wildman–Crippen MR) is 81.9 cm³/mol. The lowest BCUT2D eigenvalue weighted by molar-refractivity contribution is -0.137. The van der Waals surface area contributed by atoms with Gasteiger partial charge in [-0.2, -0.15) is 25.9 Å². The molecule has 2 rings (SSSR count). The Hall–Kier alpha value is -1.81. The summed E-state index contributed by atoms with van der Waals surface area (Å²) in [4.78, 5) is 12.2. The number of rotatable bonds is 2. The normalized spacial score (nSPS) is 20.6. The fourth-order valence-electron chi connectivity index (χ4n) is 2.31. The van der Waals surface area contributed by atoms with Crippen molar-refractivity contribution in [1.82, 2.24) is 4.31 Å². The van der Waals surface area contributed by atoms with Gasteiger partial charge in [0, 0.05) is 0 Å². The summed E-state index contributed by atoms with van der Waals surface area (Å²) in [6.45, 7) is 4.35. The molecule has 0 aliphatic carbocycles. The van der Waals surface area contributed by atoms with Gasteiger partial charge in [-0.25, -0.2) is 4.79 Å². The Morgan fingerprint density at radius 1 is 1.32 bits per heavy atom. The Kier molecular flexibility index (Phi) is 5.06. The highest BCUT2D eigenvalue weighted by Crippen LogP contribution is 2.31. The van der Waals surface area contributed by atoms with E-state index < -0.39 is 39.8 Å². The van der Waals surface area contributed by atoms with Gasteiger partial charge in [-0.3, -0.25) is 4.18 Å². The minimum atomic E-state index is -4.51. The first-order chi connectivity index (χ1) is 11.3. The second-order valence-corrected chi connectivity index (χ2v) is 8.06. The highest BCUT2D eigenvalue weighted by Gasteiger charge is 2.44. The molecule has 1 amide bonds. The van der Waals surface area contributed by atoms with Gasteiger partial charge in [0.2, 0.25) is 0 Å². The lowest BCUT2D eigenvalue weighted by Crippen LogP contribution is -2.43. The number of amides is 1. The van der Waals surface area contributed by atoms with E-state index in [0.29, 0.717) is 4.31 Å². The first-order valence-electron chi connectivity index (χ1n) is 7.37. The Balaban J connectivity index is 2.25. The molecule has 1 fully saturated rings. The summed E-state index contributed by atoms with van der Waals surface area (Å²) in [6, 6.07) is 3.49. The molecule has 1 aliphatic heterocycles. The first kappa shape index (κ1) is 19.5. The van der Waals surface area contributed by atoms with Crippen molar-refractivity contribution < 1.29 is 35.3 Å². The third kappa shape index (κ3) is 4.85. The number of carbonyl (C=O) groups is 1. The van der Waals surface area contributed by atoms with E-state index in [9.17, 15) is 26.4 Å². The van der Waals surface area contributed by atoms with Crippen LogP contribution in [0.15, 0.2) is 24.3 Å². The van der Waals surface area contributed by atoms with Crippen LogP contribution >= 0.6 is 0 Å². The summed E-state index contributed by atoms with van der Waals surface area (Å²) >= 11 is 0. The van der Waals surface area contributed by atoms with Crippen molar-refractivity contribution in [2.45, 2.75) is 45.0 Å². The van der Waals surface area contributed by atoms with Gasteiger partial charge >= 0.3 is 22.6 Å². The van der Waals surface area contributed by atoms with Gasteiger partial charge in [0.05, 0.1) is 18.2 Å². The van der Waals surface area contributed by atoms with Gasteiger partial charge < -0.3 is 4.74 Å². The van der Waals surface area contributed by atoms with E-state index in [1.54, 1.807) is 20.8 Å². The van der Waals surface area contributed by atoms with E-state index >= 15 is 0 Å². The third-order valence-corrected chi connectivity index (χ3v) is 4.64. The molecule has 0 spiro atoms. The van der Waals surface area contributed by atoms with Crippen molar-refractivity contribution in [3.63, 3.8) is 0 Å². The molecule has 0 bridgehead atoms. The molecule has 1 atom stereocenters. The van der Waals surface area contributed by atoms with Gasteiger partial charge in [-0.1, -0.05) is 18.2 Å². The molecule has 140 valence electrons. The molecule has 1 aromatic carbocycles. The van der Waals surface area contributed by atoms with Gasteiger partial charge in [0.25, 0.3) is 0 Å². The van der Waals surface area contributed by atoms with Gasteiger partial charge in [0.1, 0.15) is 5.60 Å². The van der Waals surface area contributed by atoms with E-state index in [1.165, 1.54) is 12.1 Å². The van der Waals surface area contributed by atoms with E-state index in [1.807, 2.05) is 0 Å². The molecule has 1 aromatic rings. The summed E-state index contributed by atoms with van der Waals surface area (Å²) in [6.07, 6.45) is -5.76.